The molecule has 0 aliphatic carbocycles. The maximum atomic E-state index is 13.6. The second-order valence-electron chi connectivity index (χ2n) is 7.10. The Bertz CT molecular complexity index is 1020. The average Bonchev–Trinajstić information content (AvgIpc) is 2.77. The van der Waals surface area contributed by atoms with E-state index in [-0.39, 0.29) is 49.4 Å². The van der Waals surface area contributed by atoms with E-state index < -0.39 is 54.0 Å². The van der Waals surface area contributed by atoms with E-state index in [0.717, 1.165) is 12.1 Å². The van der Waals surface area contributed by atoms with E-state index in [1.54, 1.807) is 0 Å². The molecule has 1 unspecified atom stereocenters. The van der Waals surface area contributed by atoms with Crippen LogP contribution in [0.25, 0.3) is 6.08 Å². The summed E-state index contributed by atoms with van der Waals surface area (Å²) in [6, 6.07) is 1.61. The lowest BCUT2D eigenvalue weighted by Gasteiger charge is -2.29. The molecular formula is C20H19F6NO10. The van der Waals surface area contributed by atoms with Crippen molar-refractivity contribution in [3.05, 3.63) is 38.9 Å². The topological polar surface area (TPSA) is 133 Å². The molecule has 37 heavy (non-hydrogen) atoms. The number of esters is 1. The molecule has 0 saturated heterocycles. The number of halogens is 6. The van der Waals surface area contributed by atoms with Crippen LogP contribution in [0.5, 0.6) is 11.5 Å². The van der Waals surface area contributed by atoms with Gasteiger partial charge in [0.05, 0.1) is 18.8 Å². The van der Waals surface area contributed by atoms with Gasteiger partial charge in [-0.3, -0.25) is 0 Å². The fourth-order valence-corrected chi connectivity index (χ4v) is 2.98. The van der Waals surface area contributed by atoms with E-state index in [0.29, 0.717) is 6.08 Å². The Morgan fingerprint density at radius 3 is 2.32 bits per heavy atom. The van der Waals surface area contributed by atoms with Gasteiger partial charge >= 0.3 is 24.7 Å². The van der Waals surface area contributed by atoms with Gasteiger partial charge in [-0.05, 0) is 43.0 Å². The summed E-state index contributed by atoms with van der Waals surface area (Å²) in [5.41, 5.74) is -1.45. The van der Waals surface area contributed by atoms with E-state index in [2.05, 4.69) is 23.8 Å². The highest BCUT2D eigenvalue weighted by atomic mass is 19.4. The number of hydrogen-bond donors (Lipinski definition) is 0. The van der Waals surface area contributed by atoms with Crippen LogP contribution < -0.4 is 9.47 Å². The van der Waals surface area contributed by atoms with Gasteiger partial charge in [0.15, 0.2) is 0 Å². The number of rotatable bonds is 11. The van der Waals surface area contributed by atoms with Crippen molar-refractivity contribution >= 4 is 18.2 Å². The third-order valence-electron chi connectivity index (χ3n) is 4.47. The third kappa shape index (κ3) is 9.23. The van der Waals surface area contributed by atoms with Crippen molar-refractivity contribution in [2.45, 2.75) is 44.8 Å². The predicted molar refractivity (Wildman–Crippen MR) is 107 cm³/mol. The Morgan fingerprint density at radius 2 is 1.73 bits per heavy atom. The molecule has 1 aromatic rings. The minimum atomic E-state index is -5.12. The lowest BCUT2D eigenvalue weighted by atomic mass is 9.97. The number of nitrogens with zero attached hydrogens (tertiary/aromatic N) is 1. The second kappa shape index (κ2) is 12.4. The van der Waals surface area contributed by atoms with Gasteiger partial charge < -0.3 is 28.5 Å². The molecule has 1 aliphatic rings. The van der Waals surface area contributed by atoms with Crippen LogP contribution in [0.4, 0.5) is 31.1 Å². The van der Waals surface area contributed by atoms with Crippen molar-refractivity contribution < 1.29 is 69.5 Å². The van der Waals surface area contributed by atoms with Gasteiger partial charge in [0.1, 0.15) is 11.5 Å². The van der Waals surface area contributed by atoms with Gasteiger partial charge in [0, 0.05) is 5.56 Å². The molecule has 0 saturated carbocycles. The van der Waals surface area contributed by atoms with Crippen LogP contribution in [0.15, 0.2) is 17.7 Å². The van der Waals surface area contributed by atoms with Gasteiger partial charge in [-0.1, -0.05) is 6.92 Å². The number of ether oxygens (including phenoxy) is 5. The number of carbonyl (C=O) groups excluding carboxylic acids is 2. The molecule has 0 aromatic heterocycles. The van der Waals surface area contributed by atoms with E-state index in [4.69, 9.17) is 4.74 Å². The molecule has 0 bridgehead atoms. The van der Waals surface area contributed by atoms with Crippen molar-refractivity contribution in [2.75, 3.05) is 20.0 Å². The van der Waals surface area contributed by atoms with Gasteiger partial charge in [-0.25, -0.2) is 9.59 Å². The zero-order valence-electron chi connectivity index (χ0n) is 18.8. The summed E-state index contributed by atoms with van der Waals surface area (Å²) in [5, 5.41) is 8.97. The molecule has 11 nitrogen and oxygen atoms in total. The van der Waals surface area contributed by atoms with Crippen molar-refractivity contribution in [3.8, 4) is 11.5 Å². The number of benzene rings is 1. The number of hydrogen-bond acceptors (Lipinski definition) is 10. The molecule has 1 heterocycles. The normalized spacial score (nSPS) is 15.0. The Kier molecular flexibility index (Phi) is 9.79. The number of alkyl halides is 6. The predicted octanol–water partition coefficient (Wildman–Crippen LogP) is 4.50. The molecule has 17 heteroatoms. The maximum Gasteiger partial charge on any atom is 0.573 e. The lowest BCUT2D eigenvalue weighted by Crippen LogP contribution is -2.41. The first-order valence-corrected chi connectivity index (χ1v) is 10.3. The molecule has 2 rings (SSSR count). The van der Waals surface area contributed by atoms with Gasteiger partial charge in [-0.15, -0.1) is 23.3 Å². The minimum Gasteiger partial charge on any atom is -0.475 e. The molecule has 1 aromatic carbocycles. The quantitative estimate of drug-likeness (QED) is 0.0974. The molecule has 0 N–H and O–H groups in total. The SMILES string of the molecule is CCc1cc(OC(F)(F)F)cc2c1OC(C(F)(F)F)C(C(=O)OCOC(=O)OCCCCO[N+](=O)[O-])=C2. The second-order valence-corrected chi connectivity index (χ2v) is 7.10. The highest BCUT2D eigenvalue weighted by Gasteiger charge is 2.49. The van der Waals surface area contributed by atoms with Crippen LogP contribution >= 0.6 is 0 Å². The minimum absolute atomic E-state index is 0.0196. The van der Waals surface area contributed by atoms with E-state index >= 15 is 0 Å². The van der Waals surface area contributed by atoms with Crippen LogP contribution in [-0.2, 0) is 30.3 Å². The van der Waals surface area contributed by atoms with E-state index in [1.165, 1.54) is 6.92 Å². The molecule has 1 aliphatic heterocycles. The summed E-state index contributed by atoms with van der Waals surface area (Å²) >= 11 is 0. The monoisotopic (exact) mass is 547 g/mol. The zero-order chi connectivity index (χ0) is 27.8. The first-order chi connectivity index (χ1) is 17.2. The van der Waals surface area contributed by atoms with Gasteiger partial charge in [0.25, 0.3) is 5.09 Å². The van der Waals surface area contributed by atoms with Crippen molar-refractivity contribution in [3.63, 3.8) is 0 Å². The summed E-state index contributed by atoms with van der Waals surface area (Å²) < 4.78 is 101. The smallest absolute Gasteiger partial charge is 0.475 e. The molecule has 0 radical (unpaired) electrons. The molecule has 0 fully saturated rings. The Morgan fingerprint density at radius 1 is 1.05 bits per heavy atom. The standard InChI is InChI=1S/C20H19F6NO10/c1-2-11-7-13(37-20(24,25)26)8-12-9-14(16(19(21,22)23)36-15(11)12)17(28)33-10-34-18(29)32-5-3-4-6-35-27(30)31/h7-9,16H,2-6,10H2,1H3. The first-order valence-electron chi connectivity index (χ1n) is 10.3. The molecule has 1 atom stereocenters. The molecule has 0 amide bonds. The number of aryl methyl sites for hydroxylation is 1. The van der Waals surface area contributed by atoms with E-state index in [9.17, 15) is 46.0 Å². The Hall–Kier alpha value is -3.92. The largest absolute Gasteiger partial charge is 0.573 e. The highest BCUT2D eigenvalue weighted by Crippen LogP contribution is 2.42. The summed E-state index contributed by atoms with van der Waals surface area (Å²) in [5.74, 6) is -2.76. The van der Waals surface area contributed by atoms with Crippen LogP contribution in [0.2, 0.25) is 0 Å². The van der Waals surface area contributed by atoms with Gasteiger partial charge in [-0.2, -0.15) is 13.2 Å². The van der Waals surface area contributed by atoms with Crippen molar-refractivity contribution in [1.82, 2.24) is 0 Å². The molecule has 0 spiro atoms. The van der Waals surface area contributed by atoms with Crippen LogP contribution in [0.1, 0.15) is 30.9 Å². The Balaban J connectivity index is 2.07. The molecular weight excluding hydrogens is 528 g/mol. The van der Waals surface area contributed by atoms with Crippen molar-refractivity contribution in [2.24, 2.45) is 0 Å². The van der Waals surface area contributed by atoms with Crippen LogP contribution in [0, 0.1) is 10.1 Å². The fourth-order valence-electron chi connectivity index (χ4n) is 2.98. The summed E-state index contributed by atoms with van der Waals surface area (Å²) in [6.45, 7) is -0.188. The number of carbonyl (C=O) groups is 2. The number of unbranched alkanes of at least 4 members (excludes halogenated alkanes) is 1. The number of fused-ring (bicyclic) bond motifs is 1. The summed E-state index contributed by atoms with van der Waals surface area (Å²) in [6.07, 6.45) is -13.4. The van der Waals surface area contributed by atoms with Gasteiger partial charge in [0.2, 0.25) is 12.9 Å². The van der Waals surface area contributed by atoms with Crippen molar-refractivity contribution in [1.29, 1.82) is 0 Å². The summed E-state index contributed by atoms with van der Waals surface area (Å²) in [4.78, 5) is 37.8. The fraction of sp³-hybridized carbons (Fsp3) is 0.500. The first kappa shape index (κ1) is 29.3. The zero-order valence-corrected chi connectivity index (χ0v) is 18.8. The molecule has 206 valence electrons. The summed E-state index contributed by atoms with van der Waals surface area (Å²) in [7, 11) is 0. The Labute approximate surface area is 203 Å². The van der Waals surface area contributed by atoms with E-state index in [1.807, 2.05) is 0 Å². The highest BCUT2D eigenvalue weighted by molar-refractivity contribution is 5.96. The van der Waals surface area contributed by atoms with Crippen LogP contribution in [-0.4, -0.2) is 55.9 Å². The third-order valence-corrected chi connectivity index (χ3v) is 4.47. The van der Waals surface area contributed by atoms with Crippen LogP contribution in [0.3, 0.4) is 0 Å². The lowest BCUT2D eigenvalue weighted by molar-refractivity contribution is -0.757. The maximum absolute atomic E-state index is 13.6. The average molecular weight is 547 g/mol.